The van der Waals surface area contributed by atoms with Crippen molar-refractivity contribution in [2.24, 2.45) is 5.41 Å². The zero-order valence-corrected chi connectivity index (χ0v) is 14.2. The zero-order valence-electron chi connectivity index (χ0n) is 14.2. The second-order valence-corrected chi connectivity index (χ2v) is 5.23. The summed E-state index contributed by atoms with van der Waals surface area (Å²) in [4.78, 5) is 33.9. The van der Waals surface area contributed by atoms with Gasteiger partial charge in [0.25, 0.3) is 0 Å². The molecule has 0 aromatic rings. The quantitative estimate of drug-likeness (QED) is 0.481. The fourth-order valence-corrected chi connectivity index (χ4v) is 2.44. The molecule has 0 unspecified atom stereocenters. The molecule has 4 atom stereocenters. The molecular weight excluding hydrogens is 336 g/mol. The average molecular weight is 354 g/mol. The van der Waals surface area contributed by atoms with Crippen LogP contribution in [0.4, 0.5) is 0 Å². The lowest BCUT2D eigenvalue weighted by Crippen LogP contribution is -2.64. The van der Waals surface area contributed by atoms with Crippen LogP contribution in [0.3, 0.4) is 0 Å². The first-order valence-electron chi connectivity index (χ1n) is 7.20. The number of rotatable bonds is 5. The molecular formula is C15H18N2O8. The van der Waals surface area contributed by atoms with Gasteiger partial charge in [0.15, 0.2) is 18.5 Å². The van der Waals surface area contributed by atoms with Crippen LogP contribution >= 0.6 is 0 Å². The van der Waals surface area contributed by atoms with Crippen LogP contribution in [0.2, 0.25) is 0 Å². The topological polar surface area (TPSA) is 145 Å². The Morgan fingerprint density at radius 2 is 1.52 bits per heavy atom. The third kappa shape index (κ3) is 4.44. The molecule has 0 aromatic carbocycles. The maximum atomic E-state index is 11.5. The molecule has 0 aromatic heterocycles. The van der Waals surface area contributed by atoms with E-state index in [1.807, 2.05) is 0 Å². The molecule has 1 saturated heterocycles. The molecule has 0 bridgehead atoms. The number of nitriles is 2. The molecule has 0 amide bonds. The van der Waals surface area contributed by atoms with Crippen molar-refractivity contribution in [1.29, 1.82) is 10.5 Å². The molecule has 0 radical (unpaired) electrons. The number of carbonyl (C=O) groups is 3. The number of carbonyl (C=O) groups excluding carboxylic acids is 3. The molecule has 25 heavy (non-hydrogen) atoms. The van der Waals surface area contributed by atoms with E-state index >= 15 is 0 Å². The van der Waals surface area contributed by atoms with Crippen LogP contribution in [-0.4, -0.2) is 56.2 Å². The summed E-state index contributed by atoms with van der Waals surface area (Å²) in [6.45, 7) is 2.91. The zero-order chi connectivity index (χ0) is 19.2. The van der Waals surface area contributed by atoms with Gasteiger partial charge in [-0.25, -0.2) is 0 Å². The van der Waals surface area contributed by atoms with Crippen molar-refractivity contribution >= 4 is 17.9 Å². The second-order valence-electron chi connectivity index (χ2n) is 5.23. The van der Waals surface area contributed by atoms with Crippen LogP contribution in [0.1, 0.15) is 20.8 Å². The third-order valence-electron chi connectivity index (χ3n) is 3.43. The minimum absolute atomic E-state index is 0.398. The van der Waals surface area contributed by atoms with Crippen molar-refractivity contribution in [2.45, 2.75) is 45.4 Å². The van der Waals surface area contributed by atoms with Crippen LogP contribution in [0, 0.1) is 28.1 Å². The highest BCUT2D eigenvalue weighted by Gasteiger charge is 2.62. The summed E-state index contributed by atoms with van der Waals surface area (Å²) in [5.74, 6) is -2.22. The molecule has 1 heterocycles. The summed E-state index contributed by atoms with van der Waals surface area (Å²) in [7, 11) is 1.22. The van der Waals surface area contributed by atoms with Gasteiger partial charge in [0, 0.05) is 27.9 Å². The van der Waals surface area contributed by atoms with Crippen LogP contribution in [0.5, 0.6) is 0 Å². The van der Waals surface area contributed by atoms with E-state index < -0.39 is 54.5 Å². The number of methoxy groups -OCH3 is 1. The molecule has 10 heteroatoms. The summed E-state index contributed by atoms with van der Waals surface area (Å²) < 4.78 is 25.6. The summed E-state index contributed by atoms with van der Waals surface area (Å²) in [5, 5.41) is 19.3. The second kappa shape index (κ2) is 8.42. The molecule has 0 spiro atoms. The van der Waals surface area contributed by atoms with Crippen LogP contribution in [0.15, 0.2) is 0 Å². The van der Waals surface area contributed by atoms with Crippen molar-refractivity contribution < 1.29 is 38.1 Å². The van der Waals surface area contributed by atoms with Gasteiger partial charge in [-0.1, -0.05) is 0 Å². The Balaban J connectivity index is 3.38. The Morgan fingerprint density at radius 1 is 1.00 bits per heavy atom. The van der Waals surface area contributed by atoms with Crippen molar-refractivity contribution in [3.05, 3.63) is 0 Å². The van der Waals surface area contributed by atoms with E-state index in [-0.39, 0.29) is 0 Å². The van der Waals surface area contributed by atoms with Crippen molar-refractivity contribution in [3.63, 3.8) is 0 Å². The molecule has 0 aliphatic carbocycles. The fourth-order valence-electron chi connectivity index (χ4n) is 2.44. The highest BCUT2D eigenvalue weighted by Crippen LogP contribution is 2.41. The van der Waals surface area contributed by atoms with Crippen LogP contribution < -0.4 is 0 Å². The van der Waals surface area contributed by atoms with E-state index in [9.17, 15) is 24.9 Å². The Bertz CT molecular complexity index is 606. The van der Waals surface area contributed by atoms with E-state index in [1.54, 1.807) is 12.1 Å². The fraction of sp³-hybridized carbons (Fsp3) is 0.667. The lowest BCUT2D eigenvalue weighted by molar-refractivity contribution is -0.294. The lowest BCUT2D eigenvalue weighted by Gasteiger charge is -2.45. The maximum absolute atomic E-state index is 11.5. The van der Waals surface area contributed by atoms with Crippen LogP contribution in [0.25, 0.3) is 0 Å². The number of esters is 3. The molecule has 1 aliphatic rings. The van der Waals surface area contributed by atoms with Gasteiger partial charge >= 0.3 is 17.9 Å². The van der Waals surface area contributed by atoms with E-state index in [4.69, 9.17) is 23.7 Å². The van der Waals surface area contributed by atoms with Gasteiger partial charge in [-0.3, -0.25) is 14.4 Å². The Labute approximate surface area is 144 Å². The summed E-state index contributed by atoms with van der Waals surface area (Å²) in [6.07, 6.45) is -5.45. The average Bonchev–Trinajstić information content (AvgIpc) is 2.53. The monoisotopic (exact) mass is 354 g/mol. The third-order valence-corrected chi connectivity index (χ3v) is 3.43. The standard InChI is InChI=1S/C15H18N2O8/c1-8(18)22-5-11-12(23-9(2)19)15(6-16,7-17)13(24-10(3)20)14(21-4)25-11/h11-14H,5H2,1-4H3/t11-,12+,13+,14+/m0/s1. The van der Waals surface area contributed by atoms with E-state index in [0.29, 0.717) is 0 Å². The van der Waals surface area contributed by atoms with E-state index in [0.717, 1.165) is 20.8 Å². The highest BCUT2D eigenvalue weighted by atomic mass is 16.7. The minimum Gasteiger partial charge on any atom is -0.463 e. The maximum Gasteiger partial charge on any atom is 0.303 e. The predicted molar refractivity (Wildman–Crippen MR) is 77.1 cm³/mol. The molecule has 1 fully saturated rings. The van der Waals surface area contributed by atoms with E-state index in [1.165, 1.54) is 7.11 Å². The van der Waals surface area contributed by atoms with Gasteiger partial charge in [-0.2, -0.15) is 10.5 Å². The minimum atomic E-state index is -2.12. The Morgan fingerprint density at radius 3 is 1.92 bits per heavy atom. The summed E-state index contributed by atoms with van der Waals surface area (Å²) in [6, 6.07) is 3.49. The number of ether oxygens (including phenoxy) is 5. The molecule has 1 aliphatic heterocycles. The van der Waals surface area contributed by atoms with Crippen molar-refractivity contribution in [3.8, 4) is 12.1 Å². The smallest absolute Gasteiger partial charge is 0.303 e. The van der Waals surface area contributed by atoms with Crippen LogP contribution in [-0.2, 0) is 38.1 Å². The van der Waals surface area contributed by atoms with Gasteiger partial charge in [-0.05, 0) is 0 Å². The van der Waals surface area contributed by atoms with Gasteiger partial charge in [-0.15, -0.1) is 0 Å². The van der Waals surface area contributed by atoms with Gasteiger partial charge in [0.1, 0.15) is 12.7 Å². The molecule has 10 nitrogen and oxygen atoms in total. The normalized spacial score (nSPS) is 27.3. The first-order chi connectivity index (χ1) is 11.7. The molecule has 136 valence electrons. The molecule has 0 saturated carbocycles. The molecule has 0 N–H and O–H groups in total. The van der Waals surface area contributed by atoms with Gasteiger partial charge < -0.3 is 23.7 Å². The van der Waals surface area contributed by atoms with Gasteiger partial charge in [0.2, 0.25) is 5.41 Å². The number of nitrogens with zero attached hydrogens (tertiary/aromatic N) is 2. The summed E-state index contributed by atoms with van der Waals surface area (Å²) in [5.41, 5.74) is -2.12. The lowest BCUT2D eigenvalue weighted by atomic mass is 9.74. The first kappa shape index (κ1) is 20.4. The highest BCUT2D eigenvalue weighted by molar-refractivity contribution is 5.68. The SMILES string of the molecule is CO[C@@H]1O[C@@H](COC(C)=O)[C@@H](OC(C)=O)C(C#N)(C#N)[C@@H]1OC(C)=O. The van der Waals surface area contributed by atoms with Crippen molar-refractivity contribution in [2.75, 3.05) is 13.7 Å². The Kier molecular flexibility index (Phi) is 6.86. The largest absolute Gasteiger partial charge is 0.463 e. The van der Waals surface area contributed by atoms with Gasteiger partial charge in [0.05, 0.1) is 12.1 Å². The molecule has 1 rings (SSSR count). The predicted octanol–water partition coefficient (Wildman–Crippen LogP) is -0.182. The van der Waals surface area contributed by atoms with E-state index in [2.05, 4.69) is 0 Å². The number of hydrogen-bond acceptors (Lipinski definition) is 10. The Hall–Kier alpha value is -2.69. The van der Waals surface area contributed by atoms with Crippen molar-refractivity contribution in [1.82, 2.24) is 0 Å². The number of hydrogen-bond donors (Lipinski definition) is 0. The first-order valence-corrected chi connectivity index (χ1v) is 7.20. The summed E-state index contributed by atoms with van der Waals surface area (Å²) >= 11 is 0.